The molecule has 0 aliphatic carbocycles. The zero-order chi connectivity index (χ0) is 28.2. The highest BCUT2D eigenvalue weighted by atomic mass is 32.2. The molecule has 0 saturated carbocycles. The molecular weight excluding hydrogens is 518 g/mol. The van der Waals surface area contributed by atoms with Crippen molar-refractivity contribution in [2.75, 3.05) is 18.2 Å². The fraction of sp³-hybridized carbons (Fsp3) is 0.138. The van der Waals surface area contributed by atoms with Gasteiger partial charge in [-0.1, -0.05) is 31.2 Å². The predicted octanol–water partition coefficient (Wildman–Crippen LogP) is 4.95. The Morgan fingerprint density at radius 2 is 1.56 bits per heavy atom. The average Bonchev–Trinajstić information content (AvgIpc) is 2.90. The van der Waals surface area contributed by atoms with Crippen LogP contribution in [0.3, 0.4) is 0 Å². The summed E-state index contributed by atoms with van der Waals surface area (Å²) in [4.78, 5) is 26.6. The number of amidine groups is 1. The molecule has 0 aromatic heterocycles. The SMILES string of the molecule is CCCOc1ccc(-c2cc3ccccc3cc2C(=O)OS(C)(=O)=O)c(C(=O)Nc2ccc(C(=N)N)cc2)c1. The van der Waals surface area contributed by atoms with E-state index in [1.54, 1.807) is 66.7 Å². The van der Waals surface area contributed by atoms with Crippen LogP contribution in [0, 0.1) is 5.41 Å². The topological polar surface area (TPSA) is 149 Å². The molecule has 0 bridgehead atoms. The van der Waals surface area contributed by atoms with E-state index in [1.165, 1.54) is 0 Å². The monoisotopic (exact) mass is 545 g/mol. The van der Waals surface area contributed by atoms with Crippen LogP contribution in [0.2, 0.25) is 0 Å². The van der Waals surface area contributed by atoms with Crippen molar-refractivity contribution in [3.8, 4) is 16.9 Å². The number of fused-ring (bicyclic) bond motifs is 1. The lowest BCUT2D eigenvalue weighted by Crippen LogP contribution is -2.16. The summed E-state index contributed by atoms with van der Waals surface area (Å²) >= 11 is 0. The second-order valence-corrected chi connectivity index (χ2v) is 10.4. The van der Waals surface area contributed by atoms with E-state index < -0.39 is 22.0 Å². The molecule has 0 atom stereocenters. The lowest BCUT2D eigenvalue weighted by atomic mass is 9.92. The number of benzene rings is 4. The number of ether oxygens (including phenoxy) is 1. The van der Waals surface area contributed by atoms with E-state index in [-0.39, 0.29) is 17.0 Å². The minimum atomic E-state index is -4.09. The molecule has 0 heterocycles. The standard InChI is InChI=1S/C29H27N3O6S/c1-3-14-37-22-12-13-23(25(17-22)28(33)32-21-10-8-18(9-11-21)27(30)31)24-15-19-6-4-5-7-20(19)16-26(24)29(34)38-39(2,35)36/h4-13,15-17H,3,14H2,1-2H3,(H3,30,31)(H,32,33). The van der Waals surface area contributed by atoms with Crippen LogP contribution in [0.25, 0.3) is 21.9 Å². The molecule has 4 rings (SSSR count). The molecule has 0 spiro atoms. The first-order valence-electron chi connectivity index (χ1n) is 12.1. The molecule has 4 aromatic carbocycles. The number of carbonyl (C=O) groups is 2. The van der Waals surface area contributed by atoms with Crippen molar-refractivity contribution in [2.24, 2.45) is 5.73 Å². The van der Waals surface area contributed by atoms with Crippen LogP contribution in [0.4, 0.5) is 5.69 Å². The summed E-state index contributed by atoms with van der Waals surface area (Å²) < 4.78 is 34.0. The fourth-order valence-electron chi connectivity index (χ4n) is 4.00. The number of nitrogen functional groups attached to an aromatic ring is 1. The Bertz CT molecular complexity index is 1680. The summed E-state index contributed by atoms with van der Waals surface area (Å²) in [5, 5.41) is 11.9. The van der Waals surface area contributed by atoms with E-state index >= 15 is 0 Å². The smallest absolute Gasteiger partial charge is 0.354 e. The van der Waals surface area contributed by atoms with Crippen molar-refractivity contribution in [3.05, 3.63) is 95.6 Å². The van der Waals surface area contributed by atoms with Gasteiger partial charge in [-0.2, -0.15) is 8.42 Å². The molecule has 0 fully saturated rings. The first kappa shape index (κ1) is 27.3. The number of nitrogens with two attached hydrogens (primary N) is 1. The summed E-state index contributed by atoms with van der Waals surface area (Å²) in [5.74, 6) is -1.19. The van der Waals surface area contributed by atoms with E-state index in [2.05, 4.69) is 5.32 Å². The third-order valence-corrected chi connectivity index (χ3v) is 6.24. The van der Waals surface area contributed by atoms with Gasteiger partial charge in [-0.15, -0.1) is 0 Å². The van der Waals surface area contributed by atoms with Crippen LogP contribution < -0.4 is 15.8 Å². The van der Waals surface area contributed by atoms with Crippen molar-refractivity contribution in [2.45, 2.75) is 13.3 Å². The maximum Gasteiger partial charge on any atom is 0.354 e. The minimum Gasteiger partial charge on any atom is -0.494 e. The van der Waals surface area contributed by atoms with Crippen LogP contribution in [-0.4, -0.2) is 39.0 Å². The van der Waals surface area contributed by atoms with Gasteiger partial charge in [0.1, 0.15) is 11.6 Å². The first-order chi connectivity index (χ1) is 18.6. The highest BCUT2D eigenvalue weighted by Crippen LogP contribution is 2.34. The summed E-state index contributed by atoms with van der Waals surface area (Å²) in [5.41, 5.74) is 7.37. The largest absolute Gasteiger partial charge is 0.494 e. The third kappa shape index (κ3) is 6.60. The van der Waals surface area contributed by atoms with E-state index in [1.807, 2.05) is 19.1 Å². The van der Waals surface area contributed by atoms with Crippen LogP contribution >= 0.6 is 0 Å². The summed E-state index contributed by atoms with van der Waals surface area (Å²) in [6.45, 7) is 2.40. The van der Waals surface area contributed by atoms with Crippen molar-refractivity contribution in [1.82, 2.24) is 0 Å². The van der Waals surface area contributed by atoms with Crippen molar-refractivity contribution in [1.29, 1.82) is 5.41 Å². The van der Waals surface area contributed by atoms with Gasteiger partial charge in [0.05, 0.1) is 24.0 Å². The van der Waals surface area contributed by atoms with E-state index in [0.29, 0.717) is 40.1 Å². The van der Waals surface area contributed by atoms with Crippen LogP contribution in [0.15, 0.2) is 78.9 Å². The molecule has 0 radical (unpaired) electrons. The van der Waals surface area contributed by atoms with Crippen LogP contribution in [0.1, 0.15) is 39.6 Å². The molecule has 0 unspecified atom stereocenters. The number of nitrogens with one attached hydrogen (secondary N) is 2. The Kier molecular flexibility index (Phi) is 7.96. The van der Waals surface area contributed by atoms with Crippen molar-refractivity contribution < 1.29 is 26.9 Å². The molecule has 0 aliphatic rings. The first-order valence-corrected chi connectivity index (χ1v) is 13.9. The third-order valence-electron chi connectivity index (χ3n) is 5.79. The number of hydrogen-bond acceptors (Lipinski definition) is 7. The lowest BCUT2D eigenvalue weighted by Gasteiger charge is -2.16. The van der Waals surface area contributed by atoms with E-state index in [9.17, 15) is 18.0 Å². The van der Waals surface area contributed by atoms with Gasteiger partial charge in [0.2, 0.25) is 0 Å². The maximum atomic E-state index is 13.6. The zero-order valence-electron chi connectivity index (χ0n) is 21.4. The second kappa shape index (κ2) is 11.4. The quantitative estimate of drug-likeness (QED) is 0.153. The van der Waals surface area contributed by atoms with E-state index in [0.717, 1.165) is 18.1 Å². The second-order valence-electron chi connectivity index (χ2n) is 8.82. The number of hydrogen-bond donors (Lipinski definition) is 3. The van der Waals surface area contributed by atoms with Gasteiger partial charge in [-0.05, 0) is 82.9 Å². The molecule has 9 nitrogen and oxygen atoms in total. The normalized spacial score (nSPS) is 11.1. The molecular formula is C29H27N3O6S. The Hall–Kier alpha value is -4.70. The predicted molar refractivity (Wildman–Crippen MR) is 151 cm³/mol. The van der Waals surface area contributed by atoms with Crippen molar-refractivity contribution >= 4 is 44.3 Å². The van der Waals surface area contributed by atoms with Crippen molar-refractivity contribution in [3.63, 3.8) is 0 Å². The Morgan fingerprint density at radius 1 is 0.897 bits per heavy atom. The number of rotatable bonds is 9. The number of carbonyl (C=O) groups excluding carboxylic acids is 2. The summed E-state index contributed by atoms with van der Waals surface area (Å²) in [6.07, 6.45) is 1.56. The Balaban J connectivity index is 1.86. The molecule has 4 N–H and O–H groups in total. The zero-order valence-corrected chi connectivity index (χ0v) is 22.2. The molecule has 39 heavy (non-hydrogen) atoms. The lowest BCUT2D eigenvalue weighted by molar-refractivity contribution is 0.0749. The van der Waals surface area contributed by atoms with Gasteiger partial charge in [-0.25, -0.2) is 4.79 Å². The Labute approximate surface area is 226 Å². The van der Waals surface area contributed by atoms with Gasteiger partial charge in [-0.3, -0.25) is 10.2 Å². The van der Waals surface area contributed by atoms with Gasteiger partial charge in [0.15, 0.2) is 0 Å². The molecule has 10 heteroatoms. The molecule has 4 aromatic rings. The Morgan fingerprint density at radius 3 is 2.18 bits per heavy atom. The number of anilines is 1. The van der Waals surface area contributed by atoms with Crippen LogP contribution in [-0.2, 0) is 14.3 Å². The van der Waals surface area contributed by atoms with Gasteiger partial charge < -0.3 is 20.0 Å². The highest BCUT2D eigenvalue weighted by molar-refractivity contribution is 7.86. The minimum absolute atomic E-state index is 0.0128. The van der Waals surface area contributed by atoms with Crippen LogP contribution in [0.5, 0.6) is 5.75 Å². The maximum absolute atomic E-state index is 13.6. The molecule has 200 valence electrons. The van der Waals surface area contributed by atoms with E-state index in [4.69, 9.17) is 20.1 Å². The molecule has 0 aliphatic heterocycles. The van der Waals surface area contributed by atoms with Gasteiger partial charge in [0.25, 0.3) is 5.91 Å². The summed E-state index contributed by atoms with van der Waals surface area (Å²) in [7, 11) is -4.09. The van der Waals surface area contributed by atoms with Gasteiger partial charge in [0, 0.05) is 11.3 Å². The number of amides is 1. The average molecular weight is 546 g/mol. The molecule has 1 amide bonds. The van der Waals surface area contributed by atoms with Gasteiger partial charge >= 0.3 is 16.1 Å². The summed E-state index contributed by atoms with van der Waals surface area (Å²) in [6, 6.07) is 21.9. The molecule has 0 saturated heterocycles. The highest BCUT2D eigenvalue weighted by Gasteiger charge is 2.23. The fourth-order valence-corrected chi connectivity index (χ4v) is 4.37.